The maximum atomic E-state index is 14.3. The minimum absolute atomic E-state index is 0.788. The molecule has 0 radical (unpaired) electrons. The molecule has 35 heteroatoms. The fraction of sp³-hybridized carbons (Fsp3) is 0.933. The van der Waals surface area contributed by atoms with Crippen LogP contribution in [0, 0.1) is 0 Å². The van der Waals surface area contributed by atoms with Crippen LogP contribution < -0.4 is 0 Å². The number of hydrogen-bond acceptors (Lipinski definition) is 5. The SMILES string of the molecule is O=C(F)[C@@](F)(OC(F)(F)[C@](F)(OC(F)(F)[C@](F)(OC(F)(F)[C@](F)(OC(F)(F)C(F)(F)C(F)(F)F)C(F)(F)F)C(F)(F)F)C(F)(F)F)C(F)(F)F. The molecule has 0 bridgehead atoms. The summed E-state index contributed by atoms with van der Waals surface area (Å²) < 4.78 is 397. The molecule has 0 aromatic carbocycles. The van der Waals surface area contributed by atoms with Crippen molar-refractivity contribution in [2.45, 2.75) is 84.7 Å². The zero-order chi connectivity index (χ0) is 41.4. The topological polar surface area (TPSA) is 54.0 Å². The van der Waals surface area contributed by atoms with E-state index in [9.17, 15) is 137 Å². The summed E-state index contributed by atoms with van der Waals surface area (Å²) in [6.45, 7) is 0. The van der Waals surface area contributed by atoms with Gasteiger partial charge < -0.3 is 0 Å². The molecule has 0 fully saturated rings. The largest absolute Gasteiger partial charge is 0.462 e. The van der Waals surface area contributed by atoms with E-state index in [1.54, 1.807) is 0 Å². The summed E-state index contributed by atoms with van der Waals surface area (Å²) in [5.41, 5.74) is 0. The van der Waals surface area contributed by atoms with E-state index in [1.165, 1.54) is 0 Å². The van der Waals surface area contributed by atoms with Crippen molar-refractivity contribution in [3.05, 3.63) is 0 Å². The number of rotatable bonds is 13. The van der Waals surface area contributed by atoms with Crippen LogP contribution in [0.5, 0.6) is 0 Å². The molecule has 300 valence electrons. The maximum Gasteiger partial charge on any atom is 0.462 e. The van der Waals surface area contributed by atoms with E-state index < -0.39 is 90.7 Å². The Hall–Kier alpha value is -2.59. The third-order valence-electron chi connectivity index (χ3n) is 4.63. The average molecular weight is 830 g/mol. The first-order valence-electron chi connectivity index (χ1n) is 10.0. The van der Waals surface area contributed by atoms with Crippen LogP contribution >= 0.6 is 0 Å². The molecule has 4 atom stereocenters. The molecule has 0 aliphatic carbocycles. The van der Waals surface area contributed by atoms with Crippen LogP contribution in [-0.2, 0) is 23.7 Å². The Labute approximate surface area is 247 Å². The van der Waals surface area contributed by atoms with Gasteiger partial charge in [-0.1, -0.05) is 0 Å². The molecule has 0 amide bonds. The van der Waals surface area contributed by atoms with Crippen LogP contribution in [0.15, 0.2) is 0 Å². The van der Waals surface area contributed by atoms with Crippen LogP contribution in [0.3, 0.4) is 0 Å². The first kappa shape index (κ1) is 47.4. The first-order chi connectivity index (χ1) is 21.0. The van der Waals surface area contributed by atoms with Crippen molar-refractivity contribution in [2.24, 2.45) is 0 Å². The Morgan fingerprint density at radius 3 is 0.700 bits per heavy atom. The highest BCUT2D eigenvalue weighted by Crippen LogP contribution is 2.61. The molecule has 0 spiro atoms. The van der Waals surface area contributed by atoms with E-state index >= 15 is 0 Å². The van der Waals surface area contributed by atoms with E-state index in [2.05, 4.69) is 0 Å². The summed E-state index contributed by atoms with van der Waals surface area (Å²) in [7, 11) is 0. The van der Waals surface area contributed by atoms with Crippen molar-refractivity contribution < 1.29 is 155 Å². The molecule has 0 aromatic heterocycles. The monoisotopic (exact) mass is 830 g/mol. The van der Waals surface area contributed by atoms with Crippen molar-refractivity contribution in [3.63, 3.8) is 0 Å². The standard InChI is InChI=1S/C15F30O5/c16-1(46)2(17,7(23,24)25)47-13(40,41)4(20,9(29,30)31)49-15(44,45)6(22,11(35,36)37)50-14(42,43)5(21,10(32,33)34)48-12(38,39)3(18,19)8(26,27)28/t2-,4-,5-,6-/m1/s1. The summed E-state index contributed by atoms with van der Waals surface area (Å²) in [5.74, 6) is -43.6. The van der Waals surface area contributed by atoms with Crippen LogP contribution in [-0.4, -0.2) is 90.7 Å². The Bertz CT molecular complexity index is 1230. The molecular weight excluding hydrogens is 830 g/mol. The molecule has 0 heterocycles. The average Bonchev–Trinajstić information content (AvgIpc) is 2.78. The van der Waals surface area contributed by atoms with Gasteiger partial charge in [-0.2, -0.15) is 132 Å². The molecule has 50 heavy (non-hydrogen) atoms. The second-order valence-corrected chi connectivity index (χ2v) is 8.19. The van der Waals surface area contributed by atoms with E-state index in [4.69, 9.17) is 0 Å². The predicted molar refractivity (Wildman–Crippen MR) is 80.8 cm³/mol. The molecule has 0 rings (SSSR count). The van der Waals surface area contributed by atoms with Gasteiger partial charge in [0.25, 0.3) is 0 Å². The molecule has 0 aliphatic rings. The van der Waals surface area contributed by atoms with Gasteiger partial charge in [0.1, 0.15) is 0 Å². The number of hydrogen-bond donors (Lipinski definition) is 0. The van der Waals surface area contributed by atoms with Gasteiger partial charge in [-0.15, -0.1) is 0 Å². The first-order valence-corrected chi connectivity index (χ1v) is 10.0. The van der Waals surface area contributed by atoms with Crippen molar-refractivity contribution >= 4 is 6.04 Å². The highest BCUT2D eigenvalue weighted by atomic mass is 19.4. The third kappa shape index (κ3) is 7.62. The number of alkyl halides is 29. The lowest BCUT2D eigenvalue weighted by Crippen LogP contribution is -2.72. The van der Waals surface area contributed by atoms with Crippen LogP contribution in [0.2, 0.25) is 0 Å². The fourth-order valence-corrected chi connectivity index (χ4v) is 2.19. The van der Waals surface area contributed by atoms with Crippen molar-refractivity contribution in [1.29, 1.82) is 0 Å². The van der Waals surface area contributed by atoms with Crippen molar-refractivity contribution in [2.75, 3.05) is 0 Å². The third-order valence-corrected chi connectivity index (χ3v) is 4.63. The number of carbonyl (C=O) groups is 1. The lowest BCUT2D eigenvalue weighted by Gasteiger charge is -2.43. The predicted octanol–water partition coefficient (Wildman–Crippen LogP) is 9.03. The Morgan fingerprint density at radius 1 is 0.300 bits per heavy atom. The van der Waals surface area contributed by atoms with Crippen LogP contribution in [0.1, 0.15) is 0 Å². The zero-order valence-electron chi connectivity index (χ0n) is 20.9. The Morgan fingerprint density at radius 2 is 0.520 bits per heavy atom. The van der Waals surface area contributed by atoms with Gasteiger partial charge in [0.05, 0.1) is 0 Å². The summed E-state index contributed by atoms with van der Waals surface area (Å²) in [4.78, 5) is 10.1. The van der Waals surface area contributed by atoms with Gasteiger partial charge in [-0.3, -0.25) is 23.7 Å². The maximum absolute atomic E-state index is 14.3. The van der Waals surface area contributed by atoms with Crippen molar-refractivity contribution in [1.82, 2.24) is 0 Å². The minimum atomic E-state index is -9.29. The molecule has 5 nitrogen and oxygen atoms in total. The Balaban J connectivity index is 7.69. The lowest BCUT2D eigenvalue weighted by atomic mass is 10.2. The number of ether oxygens (including phenoxy) is 4. The molecule has 0 unspecified atom stereocenters. The van der Waals surface area contributed by atoms with E-state index in [0.717, 1.165) is 18.9 Å². The van der Waals surface area contributed by atoms with Gasteiger partial charge in [0.2, 0.25) is 0 Å². The second-order valence-electron chi connectivity index (χ2n) is 8.19. The highest BCUT2D eigenvalue weighted by Gasteiger charge is 2.90. The van der Waals surface area contributed by atoms with Gasteiger partial charge in [0, 0.05) is 0 Å². The van der Waals surface area contributed by atoms with Gasteiger partial charge in [0.15, 0.2) is 0 Å². The van der Waals surface area contributed by atoms with Gasteiger partial charge in [-0.25, -0.2) is 0 Å². The summed E-state index contributed by atoms with van der Waals surface area (Å²) in [5, 5.41) is 0. The van der Waals surface area contributed by atoms with E-state index in [-0.39, 0.29) is 0 Å². The number of halogens is 30. The normalized spacial score (nSPS) is 20.4. The Kier molecular flexibility index (Phi) is 11.6. The smallest absolute Gasteiger partial charge is 0.263 e. The summed E-state index contributed by atoms with van der Waals surface area (Å²) in [6.07, 6.45) is -78.1. The van der Waals surface area contributed by atoms with E-state index in [0.29, 0.717) is 0 Å². The summed E-state index contributed by atoms with van der Waals surface area (Å²) in [6, 6.07) is -5.18. The lowest BCUT2D eigenvalue weighted by molar-refractivity contribution is -0.592. The molecule has 0 N–H and O–H groups in total. The molecular formula is C15F30O5. The molecule has 0 aromatic rings. The highest BCUT2D eigenvalue weighted by molar-refractivity contribution is 5.77. The number of carbonyl (C=O) groups excluding carboxylic acids is 1. The van der Waals surface area contributed by atoms with Crippen LogP contribution in [0.25, 0.3) is 0 Å². The van der Waals surface area contributed by atoms with E-state index in [1.807, 2.05) is 0 Å². The van der Waals surface area contributed by atoms with Gasteiger partial charge >= 0.3 is 90.7 Å². The fourth-order valence-electron chi connectivity index (χ4n) is 2.19. The van der Waals surface area contributed by atoms with Crippen LogP contribution in [0.4, 0.5) is 132 Å². The minimum Gasteiger partial charge on any atom is -0.263 e. The molecule has 0 saturated heterocycles. The molecule has 0 aliphatic heterocycles. The quantitative estimate of drug-likeness (QED) is 0.137. The zero-order valence-corrected chi connectivity index (χ0v) is 20.9. The molecule has 0 saturated carbocycles. The van der Waals surface area contributed by atoms with Crippen molar-refractivity contribution in [3.8, 4) is 0 Å². The van der Waals surface area contributed by atoms with Gasteiger partial charge in [-0.05, 0) is 0 Å². The summed E-state index contributed by atoms with van der Waals surface area (Å²) >= 11 is 0. The second kappa shape index (κ2) is 12.2.